The lowest BCUT2D eigenvalue weighted by atomic mass is 9.77. The van der Waals surface area contributed by atoms with Gasteiger partial charge in [-0.15, -0.1) is 12.4 Å². The van der Waals surface area contributed by atoms with Crippen molar-refractivity contribution in [2.45, 2.75) is 25.3 Å². The molecule has 1 aliphatic heterocycles. The summed E-state index contributed by atoms with van der Waals surface area (Å²) in [4.78, 5) is 11.7. The van der Waals surface area contributed by atoms with E-state index in [1.165, 1.54) is 0 Å². The first-order valence-electron chi connectivity index (χ1n) is 5.60. The SMILES string of the molecule is CCC1(N)CC=C2NC(=O)c3cccc1c32.Cl. The predicted molar refractivity (Wildman–Crippen MR) is 69.9 cm³/mol. The van der Waals surface area contributed by atoms with E-state index in [-0.39, 0.29) is 23.9 Å². The smallest absolute Gasteiger partial charge is 0.256 e. The summed E-state index contributed by atoms with van der Waals surface area (Å²) in [6.07, 6.45) is 3.71. The molecule has 0 saturated carbocycles. The van der Waals surface area contributed by atoms with Crippen molar-refractivity contribution in [1.82, 2.24) is 5.32 Å². The summed E-state index contributed by atoms with van der Waals surface area (Å²) in [6.45, 7) is 2.09. The van der Waals surface area contributed by atoms with E-state index >= 15 is 0 Å². The van der Waals surface area contributed by atoms with Crippen molar-refractivity contribution in [3.63, 3.8) is 0 Å². The number of hydrogen-bond acceptors (Lipinski definition) is 2. The van der Waals surface area contributed by atoms with E-state index < -0.39 is 0 Å². The summed E-state index contributed by atoms with van der Waals surface area (Å²) in [5, 5.41) is 2.89. The molecule has 1 atom stereocenters. The zero-order valence-electron chi connectivity index (χ0n) is 9.62. The third-order valence-electron chi connectivity index (χ3n) is 3.66. The average Bonchev–Trinajstić information content (AvgIpc) is 2.63. The van der Waals surface area contributed by atoms with Crippen LogP contribution in [0.1, 0.15) is 41.3 Å². The van der Waals surface area contributed by atoms with Gasteiger partial charge in [-0.1, -0.05) is 25.1 Å². The van der Waals surface area contributed by atoms with Gasteiger partial charge >= 0.3 is 0 Å². The van der Waals surface area contributed by atoms with Crippen LogP contribution in [0.2, 0.25) is 0 Å². The van der Waals surface area contributed by atoms with E-state index in [1.807, 2.05) is 24.3 Å². The monoisotopic (exact) mass is 250 g/mol. The Labute approximate surface area is 106 Å². The highest BCUT2D eigenvalue weighted by atomic mass is 35.5. The van der Waals surface area contributed by atoms with Crippen LogP contribution >= 0.6 is 12.4 Å². The first-order chi connectivity index (χ1) is 7.65. The minimum Gasteiger partial charge on any atom is -0.322 e. The second-order valence-electron chi connectivity index (χ2n) is 4.51. The number of benzene rings is 1. The molecule has 0 saturated heterocycles. The molecule has 0 spiro atoms. The predicted octanol–water partition coefficient (Wildman–Crippen LogP) is 2.16. The fraction of sp³-hybridized carbons (Fsp3) is 0.308. The van der Waals surface area contributed by atoms with Gasteiger partial charge in [0.25, 0.3) is 5.91 Å². The molecule has 1 heterocycles. The Bertz CT molecular complexity index is 524. The molecule has 90 valence electrons. The van der Waals surface area contributed by atoms with Crippen LogP contribution in [0.25, 0.3) is 5.70 Å². The summed E-state index contributed by atoms with van der Waals surface area (Å²) >= 11 is 0. The molecule has 4 heteroatoms. The van der Waals surface area contributed by atoms with Crippen molar-refractivity contribution in [1.29, 1.82) is 0 Å². The van der Waals surface area contributed by atoms with Gasteiger partial charge in [-0.25, -0.2) is 0 Å². The Morgan fingerprint density at radius 1 is 1.47 bits per heavy atom. The van der Waals surface area contributed by atoms with Gasteiger partial charge in [-0.05, 0) is 24.5 Å². The fourth-order valence-corrected chi connectivity index (χ4v) is 2.58. The molecule has 1 aromatic carbocycles. The number of hydrogen-bond donors (Lipinski definition) is 2. The lowest BCUT2D eigenvalue weighted by molar-refractivity contribution is 0.0981. The van der Waals surface area contributed by atoms with E-state index in [2.05, 4.69) is 12.2 Å². The first-order valence-corrected chi connectivity index (χ1v) is 5.60. The Morgan fingerprint density at radius 2 is 2.24 bits per heavy atom. The van der Waals surface area contributed by atoms with Crippen molar-refractivity contribution in [3.05, 3.63) is 41.0 Å². The van der Waals surface area contributed by atoms with Crippen LogP contribution in [0.3, 0.4) is 0 Å². The van der Waals surface area contributed by atoms with E-state index in [9.17, 15) is 4.79 Å². The first kappa shape index (κ1) is 12.1. The molecule has 0 aromatic heterocycles. The third-order valence-corrected chi connectivity index (χ3v) is 3.66. The summed E-state index contributed by atoms with van der Waals surface area (Å²) in [6, 6.07) is 5.81. The van der Waals surface area contributed by atoms with E-state index in [4.69, 9.17) is 5.73 Å². The number of rotatable bonds is 1. The maximum atomic E-state index is 11.7. The minimum absolute atomic E-state index is 0. The molecular formula is C13H15ClN2O. The summed E-state index contributed by atoms with van der Waals surface area (Å²) in [5.41, 5.74) is 9.88. The normalized spacial score (nSPS) is 24.6. The standard InChI is InChI=1S/C13H14N2O.ClH/c1-2-13(14)7-6-10-11-8(12(16)15-10)4-3-5-9(11)13;/h3-6H,2,7,14H2,1H3,(H,15,16);1H. The number of halogens is 1. The van der Waals surface area contributed by atoms with E-state index in [1.54, 1.807) is 0 Å². The summed E-state index contributed by atoms with van der Waals surface area (Å²) < 4.78 is 0. The highest BCUT2D eigenvalue weighted by molar-refractivity contribution is 6.10. The van der Waals surface area contributed by atoms with E-state index in [0.717, 1.165) is 35.2 Å². The fourth-order valence-electron chi connectivity index (χ4n) is 2.58. The largest absolute Gasteiger partial charge is 0.322 e. The molecule has 3 rings (SSSR count). The topological polar surface area (TPSA) is 55.1 Å². The van der Waals surface area contributed by atoms with Gasteiger partial charge in [0.15, 0.2) is 0 Å². The highest BCUT2D eigenvalue weighted by Gasteiger charge is 2.37. The Kier molecular flexibility index (Phi) is 2.76. The van der Waals surface area contributed by atoms with E-state index in [0.29, 0.717) is 0 Å². The van der Waals surface area contributed by atoms with Crippen molar-refractivity contribution in [3.8, 4) is 0 Å². The van der Waals surface area contributed by atoms with Crippen LogP contribution in [0, 0.1) is 0 Å². The van der Waals surface area contributed by atoms with Gasteiger partial charge < -0.3 is 11.1 Å². The van der Waals surface area contributed by atoms with Gasteiger partial charge in [-0.3, -0.25) is 4.79 Å². The lowest BCUT2D eigenvalue weighted by Gasteiger charge is -2.33. The summed E-state index contributed by atoms with van der Waals surface area (Å²) in [7, 11) is 0. The maximum absolute atomic E-state index is 11.7. The molecule has 0 bridgehead atoms. The Hall–Kier alpha value is -1.32. The van der Waals surface area contributed by atoms with Crippen LogP contribution in [0.5, 0.6) is 0 Å². The Balaban J connectivity index is 0.00000108. The van der Waals surface area contributed by atoms with Crippen LogP contribution in [-0.4, -0.2) is 5.91 Å². The molecule has 1 unspecified atom stereocenters. The van der Waals surface area contributed by atoms with Gasteiger partial charge in [0.1, 0.15) is 0 Å². The van der Waals surface area contributed by atoms with Crippen molar-refractivity contribution in [2.75, 3.05) is 0 Å². The molecule has 1 aliphatic carbocycles. The second-order valence-corrected chi connectivity index (χ2v) is 4.51. The van der Waals surface area contributed by atoms with Crippen LogP contribution in [0.4, 0.5) is 0 Å². The Morgan fingerprint density at radius 3 is 2.94 bits per heavy atom. The second kappa shape index (κ2) is 3.86. The number of nitrogens with two attached hydrogens (primary N) is 1. The lowest BCUT2D eigenvalue weighted by Crippen LogP contribution is -2.38. The third kappa shape index (κ3) is 1.50. The number of carbonyl (C=O) groups is 1. The van der Waals surface area contributed by atoms with Crippen LogP contribution < -0.4 is 11.1 Å². The molecular weight excluding hydrogens is 236 g/mol. The zero-order valence-corrected chi connectivity index (χ0v) is 10.4. The van der Waals surface area contributed by atoms with Gasteiger partial charge in [0.2, 0.25) is 0 Å². The maximum Gasteiger partial charge on any atom is 0.256 e. The van der Waals surface area contributed by atoms with Crippen molar-refractivity contribution < 1.29 is 4.79 Å². The van der Waals surface area contributed by atoms with Gasteiger partial charge in [-0.2, -0.15) is 0 Å². The van der Waals surface area contributed by atoms with Gasteiger partial charge in [0, 0.05) is 22.4 Å². The van der Waals surface area contributed by atoms with Gasteiger partial charge in [0.05, 0.1) is 0 Å². The summed E-state index contributed by atoms with van der Waals surface area (Å²) in [5.74, 6) is -0.0107. The molecule has 0 fully saturated rings. The minimum atomic E-state index is -0.318. The molecule has 3 nitrogen and oxygen atoms in total. The zero-order chi connectivity index (χ0) is 11.3. The molecule has 1 aromatic rings. The van der Waals surface area contributed by atoms with Crippen LogP contribution in [-0.2, 0) is 5.54 Å². The molecule has 1 amide bonds. The highest BCUT2D eigenvalue weighted by Crippen LogP contribution is 2.40. The molecule has 17 heavy (non-hydrogen) atoms. The molecule has 0 radical (unpaired) electrons. The van der Waals surface area contributed by atoms with Crippen LogP contribution in [0.15, 0.2) is 24.3 Å². The molecule has 2 aliphatic rings. The van der Waals surface area contributed by atoms with Crippen molar-refractivity contribution >= 4 is 24.0 Å². The number of carbonyl (C=O) groups excluding carboxylic acids is 1. The van der Waals surface area contributed by atoms with Crippen molar-refractivity contribution in [2.24, 2.45) is 5.73 Å². The average molecular weight is 251 g/mol. The molecule has 3 N–H and O–H groups in total. The quantitative estimate of drug-likeness (QED) is 0.803. The number of nitrogens with one attached hydrogen (secondary N) is 1. The number of amides is 1.